The van der Waals surface area contributed by atoms with Crippen LogP contribution in [0.3, 0.4) is 0 Å². The fourth-order valence-electron chi connectivity index (χ4n) is 2.31. The molecule has 1 heterocycles. The molecular weight excluding hydrogens is 389 g/mol. The molecule has 1 aliphatic heterocycles. The number of carbonyl (C=O) groups excluding carboxylic acids is 2. The molecule has 1 saturated heterocycles. The third kappa shape index (κ3) is 3.77. The molecule has 0 radical (unpaired) electrons. The van der Waals surface area contributed by atoms with Crippen molar-refractivity contribution >= 4 is 69.5 Å². The van der Waals surface area contributed by atoms with E-state index in [4.69, 9.17) is 35.4 Å². The van der Waals surface area contributed by atoms with Crippen molar-refractivity contribution in [2.75, 3.05) is 0 Å². The Bertz CT molecular complexity index is 716. The maximum Gasteiger partial charge on any atom is 0.266 e. The molecule has 2 rings (SSSR count). The summed E-state index contributed by atoms with van der Waals surface area (Å²) in [6.07, 6.45) is 2.11. The van der Waals surface area contributed by atoms with E-state index in [1.165, 1.54) is 6.08 Å². The lowest BCUT2D eigenvalue weighted by Gasteiger charge is -2.32. The van der Waals surface area contributed by atoms with Crippen LogP contribution in [0.25, 0.3) is 6.08 Å². The molecule has 0 unspecified atom stereocenters. The van der Waals surface area contributed by atoms with Gasteiger partial charge in [0.25, 0.3) is 5.91 Å². The first kappa shape index (κ1) is 19.2. The van der Waals surface area contributed by atoms with Crippen LogP contribution in [0.5, 0.6) is 0 Å². The maximum absolute atomic E-state index is 12.7. The highest BCUT2D eigenvalue weighted by Gasteiger charge is 2.39. The molecule has 0 spiro atoms. The quantitative estimate of drug-likeness (QED) is 0.558. The second kappa shape index (κ2) is 7.87. The van der Waals surface area contributed by atoms with E-state index in [-0.39, 0.29) is 15.1 Å². The van der Waals surface area contributed by atoms with Crippen molar-refractivity contribution < 1.29 is 14.7 Å². The van der Waals surface area contributed by atoms with Gasteiger partial charge in [-0.25, -0.2) is 0 Å². The molecule has 1 amide bonds. The minimum atomic E-state index is -1.32. The van der Waals surface area contributed by atoms with Crippen molar-refractivity contribution in [3.63, 3.8) is 0 Å². The Labute approximate surface area is 159 Å². The van der Waals surface area contributed by atoms with E-state index >= 15 is 0 Å². The van der Waals surface area contributed by atoms with Crippen molar-refractivity contribution in [2.45, 2.75) is 26.3 Å². The van der Waals surface area contributed by atoms with E-state index in [0.717, 1.165) is 16.7 Å². The Balaban J connectivity index is 2.42. The molecular formula is C16H14Cl2NO3S2-. The Kier molecular flexibility index (Phi) is 6.31. The number of carboxylic acids is 1. The summed E-state index contributed by atoms with van der Waals surface area (Å²) < 4.78 is 0.184. The molecule has 4 nitrogen and oxygen atoms in total. The SMILES string of the molecule is CC[C@H](C)[C@@H](C(=O)[O-])N1C(=O)/C(=C/c2c(Cl)cccc2Cl)SC1=S. The molecule has 0 N–H and O–H groups in total. The third-order valence-electron chi connectivity index (χ3n) is 3.80. The summed E-state index contributed by atoms with van der Waals surface area (Å²) in [5, 5.41) is 12.3. The Morgan fingerprint density at radius 3 is 2.50 bits per heavy atom. The first-order valence-electron chi connectivity index (χ1n) is 7.19. The van der Waals surface area contributed by atoms with Crippen molar-refractivity contribution in [3.05, 3.63) is 38.7 Å². The van der Waals surface area contributed by atoms with Gasteiger partial charge in [0.05, 0.1) is 16.9 Å². The number of carboxylic acid groups (broad SMARTS) is 1. The lowest BCUT2D eigenvalue weighted by molar-refractivity contribution is -0.311. The van der Waals surface area contributed by atoms with E-state index < -0.39 is 17.9 Å². The lowest BCUT2D eigenvalue weighted by atomic mass is 9.98. The monoisotopic (exact) mass is 402 g/mol. The van der Waals surface area contributed by atoms with Gasteiger partial charge >= 0.3 is 0 Å². The van der Waals surface area contributed by atoms with Crippen LogP contribution in [0.15, 0.2) is 23.1 Å². The van der Waals surface area contributed by atoms with Gasteiger partial charge in [-0.1, -0.05) is 73.5 Å². The highest BCUT2D eigenvalue weighted by Crippen LogP contribution is 2.37. The number of thiocarbonyl (C=S) groups is 1. The third-order valence-corrected chi connectivity index (χ3v) is 5.79. The van der Waals surface area contributed by atoms with Gasteiger partial charge in [0, 0.05) is 15.6 Å². The second-order valence-electron chi connectivity index (χ2n) is 5.34. The first-order valence-corrected chi connectivity index (χ1v) is 9.17. The minimum absolute atomic E-state index is 0.184. The van der Waals surface area contributed by atoms with Crippen LogP contribution in [0.2, 0.25) is 10.0 Å². The standard InChI is InChI=1S/C16H15Cl2NO3S2/c1-3-8(2)13(15(21)22)19-14(20)12(24-16(19)23)7-9-10(17)5-4-6-11(9)18/h4-8,13H,3H2,1-2H3,(H,21,22)/p-1/b12-7-/t8-,13-/m0/s1. The van der Waals surface area contributed by atoms with Crippen LogP contribution >= 0.6 is 47.2 Å². The number of benzene rings is 1. The minimum Gasteiger partial charge on any atom is -0.548 e. The maximum atomic E-state index is 12.7. The number of aliphatic carboxylic acids is 1. The number of carbonyl (C=O) groups is 2. The van der Waals surface area contributed by atoms with E-state index in [1.54, 1.807) is 25.1 Å². The van der Waals surface area contributed by atoms with E-state index in [9.17, 15) is 14.7 Å². The predicted molar refractivity (Wildman–Crippen MR) is 99.7 cm³/mol. The van der Waals surface area contributed by atoms with Crippen LogP contribution < -0.4 is 5.11 Å². The topological polar surface area (TPSA) is 60.4 Å². The van der Waals surface area contributed by atoms with E-state index in [0.29, 0.717) is 22.0 Å². The van der Waals surface area contributed by atoms with Gasteiger partial charge < -0.3 is 9.90 Å². The molecule has 24 heavy (non-hydrogen) atoms. The fraction of sp³-hybridized carbons (Fsp3) is 0.312. The first-order chi connectivity index (χ1) is 11.3. The Morgan fingerprint density at radius 2 is 2.00 bits per heavy atom. The lowest BCUT2D eigenvalue weighted by Crippen LogP contribution is -2.53. The van der Waals surface area contributed by atoms with Crippen molar-refractivity contribution in [3.8, 4) is 0 Å². The number of thioether (sulfide) groups is 1. The number of halogens is 2. The summed E-state index contributed by atoms with van der Waals surface area (Å²) in [4.78, 5) is 25.6. The van der Waals surface area contributed by atoms with Gasteiger partial charge in [-0.05, 0) is 24.1 Å². The average molecular weight is 403 g/mol. The molecule has 2 atom stereocenters. The normalized spacial score (nSPS) is 19.0. The van der Waals surface area contributed by atoms with Gasteiger partial charge in [-0.3, -0.25) is 9.69 Å². The van der Waals surface area contributed by atoms with E-state index in [2.05, 4.69) is 0 Å². The summed E-state index contributed by atoms with van der Waals surface area (Å²) >= 11 is 18.5. The van der Waals surface area contributed by atoms with Crippen molar-refractivity contribution in [1.82, 2.24) is 4.90 Å². The Morgan fingerprint density at radius 1 is 1.42 bits per heavy atom. The molecule has 1 aliphatic rings. The summed E-state index contributed by atoms with van der Waals surface area (Å²) in [6.45, 7) is 3.59. The van der Waals surface area contributed by atoms with Gasteiger partial charge in [0.1, 0.15) is 4.32 Å². The smallest absolute Gasteiger partial charge is 0.266 e. The molecule has 0 saturated carbocycles. The van der Waals surface area contributed by atoms with E-state index in [1.807, 2.05) is 6.92 Å². The van der Waals surface area contributed by atoms with Crippen LogP contribution in [0.4, 0.5) is 0 Å². The molecule has 0 bridgehead atoms. The second-order valence-corrected chi connectivity index (χ2v) is 7.83. The average Bonchev–Trinajstić information content (AvgIpc) is 2.78. The Hall–Kier alpha value is -1.08. The molecule has 8 heteroatoms. The van der Waals surface area contributed by atoms with Crippen molar-refractivity contribution in [1.29, 1.82) is 0 Å². The highest BCUT2D eigenvalue weighted by atomic mass is 35.5. The molecule has 1 fully saturated rings. The number of rotatable bonds is 5. The van der Waals surface area contributed by atoms with Crippen LogP contribution in [0.1, 0.15) is 25.8 Å². The van der Waals surface area contributed by atoms with Gasteiger partial charge in [-0.15, -0.1) is 0 Å². The van der Waals surface area contributed by atoms with Gasteiger partial charge in [0.2, 0.25) is 0 Å². The largest absolute Gasteiger partial charge is 0.548 e. The zero-order valence-electron chi connectivity index (χ0n) is 12.9. The summed E-state index contributed by atoms with van der Waals surface area (Å²) in [5.41, 5.74) is 0.495. The molecule has 0 aliphatic carbocycles. The molecule has 0 aromatic heterocycles. The number of amides is 1. The summed E-state index contributed by atoms with van der Waals surface area (Å²) in [7, 11) is 0. The van der Waals surface area contributed by atoms with Gasteiger partial charge in [0.15, 0.2) is 0 Å². The fourth-order valence-corrected chi connectivity index (χ4v) is 4.13. The molecule has 128 valence electrons. The number of hydrogen-bond acceptors (Lipinski definition) is 5. The van der Waals surface area contributed by atoms with Crippen LogP contribution in [0, 0.1) is 5.92 Å². The number of nitrogens with zero attached hydrogens (tertiary/aromatic N) is 1. The molecule has 1 aromatic rings. The molecule has 1 aromatic carbocycles. The summed E-state index contributed by atoms with van der Waals surface area (Å²) in [5.74, 6) is -2.09. The van der Waals surface area contributed by atoms with Gasteiger partial charge in [-0.2, -0.15) is 0 Å². The predicted octanol–water partition coefficient (Wildman–Crippen LogP) is 3.36. The highest BCUT2D eigenvalue weighted by molar-refractivity contribution is 8.26. The zero-order valence-corrected chi connectivity index (χ0v) is 16.1. The zero-order chi connectivity index (χ0) is 18.0. The van der Waals surface area contributed by atoms with Crippen molar-refractivity contribution in [2.24, 2.45) is 5.92 Å². The number of hydrogen-bond donors (Lipinski definition) is 0. The summed E-state index contributed by atoms with van der Waals surface area (Å²) in [6, 6.07) is 3.91. The van der Waals surface area contributed by atoms with Crippen LogP contribution in [-0.2, 0) is 9.59 Å². The van der Waals surface area contributed by atoms with Crippen LogP contribution in [-0.4, -0.2) is 27.1 Å².